The first-order chi connectivity index (χ1) is 16.5. The van der Waals surface area contributed by atoms with E-state index in [0.29, 0.717) is 23.1 Å². The lowest BCUT2D eigenvalue weighted by Gasteiger charge is -2.55. The van der Waals surface area contributed by atoms with Crippen LogP contribution in [0.3, 0.4) is 0 Å². The van der Waals surface area contributed by atoms with Crippen LogP contribution in [0.25, 0.3) is 0 Å². The molecule has 11 nitrogen and oxygen atoms in total. The Labute approximate surface area is 200 Å². The van der Waals surface area contributed by atoms with Crippen molar-refractivity contribution < 1.29 is 35.2 Å². The number of carbonyl (C=O) groups excluding carboxylic acids is 4. The second-order valence-electron chi connectivity index (χ2n) is 10.1. The molecule has 0 aliphatic heterocycles. The third-order valence-corrected chi connectivity index (χ3v) is 7.30. The third-order valence-electron chi connectivity index (χ3n) is 7.30. The highest BCUT2D eigenvalue weighted by Gasteiger charge is 2.54. The number of amides is 4. The maximum atomic E-state index is 12.9. The molecule has 0 heterocycles. The second-order valence-corrected chi connectivity index (χ2v) is 10.1. The van der Waals surface area contributed by atoms with Crippen molar-refractivity contribution in [3.63, 3.8) is 0 Å². The molecule has 0 spiro atoms. The zero-order valence-corrected chi connectivity index (χ0v) is 19.6. The van der Waals surface area contributed by atoms with E-state index in [2.05, 4.69) is 10.6 Å². The molecule has 4 aliphatic rings. The number of hydrogen-bond donors (Lipinski definition) is 5. The predicted octanol–water partition coefficient (Wildman–Crippen LogP) is -0.325. The van der Waals surface area contributed by atoms with Crippen molar-refractivity contribution in [2.75, 3.05) is 19.8 Å². The predicted molar refractivity (Wildman–Crippen MR) is 120 cm³/mol. The van der Waals surface area contributed by atoms with E-state index in [1.54, 1.807) is 0 Å². The van der Waals surface area contributed by atoms with Crippen LogP contribution in [0.2, 0.25) is 1.41 Å². The highest BCUT2D eigenvalue weighted by atomic mass is 16.5. The quantitative estimate of drug-likeness (QED) is 0.224. The number of rotatable bonds is 13. The topological polar surface area (TPSA) is 177 Å². The van der Waals surface area contributed by atoms with Crippen LogP contribution in [0.4, 0.5) is 0 Å². The second kappa shape index (κ2) is 11.2. The van der Waals surface area contributed by atoms with E-state index in [1.165, 1.54) is 26.2 Å². The monoisotopic (exact) mass is 481 g/mol. The van der Waals surface area contributed by atoms with Gasteiger partial charge in [0, 0.05) is 18.4 Å². The molecule has 190 valence electrons. The number of carbonyl (C=O) groups is 5. The minimum atomic E-state index is -1.26. The van der Waals surface area contributed by atoms with Gasteiger partial charge in [0.05, 0.1) is 6.61 Å². The Morgan fingerprint density at radius 2 is 1.71 bits per heavy atom. The SMILES string of the molecule is [2H]N(C(=O)COCCNC(=O)C12CC3CC(CC(C3)C1)C2)[C@@H](C)C(=O)N[C@@H](CCC(=O)O)C(N)=O. The number of ether oxygens (including phenoxy) is 1. The Morgan fingerprint density at radius 3 is 2.24 bits per heavy atom. The molecule has 34 heavy (non-hydrogen) atoms. The normalized spacial score (nSPS) is 29.0. The van der Waals surface area contributed by atoms with E-state index in [4.69, 9.17) is 17.0 Å². The van der Waals surface area contributed by atoms with Gasteiger partial charge < -0.3 is 31.5 Å². The average molecular weight is 482 g/mol. The van der Waals surface area contributed by atoms with E-state index < -0.39 is 42.4 Å². The van der Waals surface area contributed by atoms with E-state index in [9.17, 15) is 24.0 Å². The summed E-state index contributed by atoms with van der Waals surface area (Å²) in [6.07, 6.45) is 6.07. The molecule has 4 aliphatic carbocycles. The molecule has 0 unspecified atom stereocenters. The Kier molecular flexibility index (Phi) is 8.02. The lowest BCUT2D eigenvalue weighted by molar-refractivity contribution is -0.146. The molecule has 4 bridgehead atoms. The van der Waals surface area contributed by atoms with E-state index in [0.717, 1.165) is 19.3 Å². The summed E-state index contributed by atoms with van der Waals surface area (Å²) in [6, 6.07) is -2.48. The van der Waals surface area contributed by atoms with Crippen LogP contribution in [0.1, 0.15) is 58.3 Å². The molecule has 4 fully saturated rings. The summed E-state index contributed by atoms with van der Waals surface area (Å²) in [5, 5.41) is 14.4. The summed E-state index contributed by atoms with van der Waals surface area (Å²) in [7, 11) is 0. The van der Waals surface area contributed by atoms with Crippen LogP contribution >= 0.6 is 0 Å². The molecular formula is C23H36N4O7. The first-order valence-corrected chi connectivity index (χ1v) is 12.0. The number of carboxylic acids is 1. The molecule has 0 aromatic heterocycles. The lowest BCUT2D eigenvalue weighted by Crippen LogP contribution is -2.54. The largest absolute Gasteiger partial charge is 0.481 e. The molecule has 4 saturated carbocycles. The Bertz CT molecular complexity index is 816. The van der Waals surface area contributed by atoms with Crippen LogP contribution in [0.5, 0.6) is 0 Å². The highest BCUT2D eigenvalue weighted by molar-refractivity contribution is 5.91. The van der Waals surface area contributed by atoms with Crippen molar-refractivity contribution in [3.05, 3.63) is 0 Å². The van der Waals surface area contributed by atoms with Gasteiger partial charge in [0.25, 0.3) is 0 Å². The highest BCUT2D eigenvalue weighted by Crippen LogP contribution is 2.60. The van der Waals surface area contributed by atoms with E-state index in [-0.39, 0.29) is 37.3 Å². The summed E-state index contributed by atoms with van der Waals surface area (Å²) < 4.78 is 13.2. The fraction of sp³-hybridized carbons (Fsp3) is 0.783. The van der Waals surface area contributed by atoms with Crippen LogP contribution in [0, 0.1) is 23.2 Å². The first-order valence-electron chi connectivity index (χ1n) is 12.4. The van der Waals surface area contributed by atoms with Gasteiger partial charge in [0.15, 0.2) is 1.41 Å². The summed E-state index contributed by atoms with van der Waals surface area (Å²) in [5.74, 6) is -1.58. The lowest BCUT2D eigenvalue weighted by atomic mass is 9.49. The molecule has 4 amide bonds. The number of carboxylic acid groups (broad SMARTS) is 1. The maximum absolute atomic E-state index is 12.9. The average Bonchev–Trinajstić information content (AvgIpc) is 2.78. The summed E-state index contributed by atoms with van der Waals surface area (Å²) >= 11 is 0. The standard InChI is InChI=1S/C23H36N4O7/c1-13(21(32)27-17(20(24)31)2-3-19(29)30)26-18(28)12-34-5-4-25-22(33)23-9-14-6-15(10-23)8-16(7-14)11-23/h13-17H,2-12H2,1H3,(H2,24,31)(H,25,33)(H,26,28)(H,27,32)(H,29,30)/t13-,14?,15?,16?,17-,23?/m0/s1/i/hD. The summed E-state index contributed by atoms with van der Waals surface area (Å²) in [6.45, 7) is 1.19. The van der Waals surface area contributed by atoms with Crippen molar-refractivity contribution in [1.82, 2.24) is 15.9 Å². The van der Waals surface area contributed by atoms with Crippen LogP contribution in [-0.2, 0) is 28.7 Å². The van der Waals surface area contributed by atoms with Gasteiger partial charge in [0.2, 0.25) is 23.6 Å². The number of nitrogens with one attached hydrogen (secondary N) is 3. The molecule has 6 N–H and O–H groups in total. The first kappa shape index (κ1) is 24.4. The van der Waals surface area contributed by atoms with Crippen LogP contribution in [0.15, 0.2) is 0 Å². The number of nitrogens with two attached hydrogens (primary N) is 1. The molecular weight excluding hydrogens is 444 g/mol. The molecule has 4 rings (SSSR count). The fourth-order valence-electron chi connectivity index (χ4n) is 6.13. The zero-order valence-electron chi connectivity index (χ0n) is 20.6. The maximum Gasteiger partial charge on any atom is 0.303 e. The van der Waals surface area contributed by atoms with Gasteiger partial charge in [-0.2, -0.15) is 0 Å². The minimum absolute atomic E-state index is 0.0749. The zero-order chi connectivity index (χ0) is 25.8. The van der Waals surface area contributed by atoms with Crippen molar-refractivity contribution >= 4 is 29.6 Å². The van der Waals surface area contributed by atoms with Gasteiger partial charge in [0.1, 0.15) is 18.7 Å². The number of hydrogen-bond acceptors (Lipinski definition) is 6. The van der Waals surface area contributed by atoms with E-state index in [1.807, 2.05) is 0 Å². The summed E-state index contributed by atoms with van der Waals surface area (Å²) in [4.78, 5) is 59.5. The van der Waals surface area contributed by atoms with Gasteiger partial charge in [-0.3, -0.25) is 24.0 Å². The number of primary amides is 1. The molecule has 0 radical (unpaired) electrons. The van der Waals surface area contributed by atoms with Crippen molar-refractivity contribution in [1.29, 1.82) is 0 Å². The summed E-state index contributed by atoms with van der Waals surface area (Å²) in [5.41, 5.74) is 4.93. The molecule has 2 atom stereocenters. The van der Waals surface area contributed by atoms with Crippen molar-refractivity contribution in [2.45, 2.75) is 70.4 Å². The molecule has 11 heteroatoms. The molecule has 0 aromatic rings. The van der Waals surface area contributed by atoms with E-state index >= 15 is 0 Å². The van der Waals surface area contributed by atoms with Crippen molar-refractivity contribution in [2.24, 2.45) is 28.9 Å². The van der Waals surface area contributed by atoms with Crippen LogP contribution < -0.4 is 21.7 Å². The van der Waals surface area contributed by atoms with Crippen LogP contribution in [-0.4, -0.2) is 66.5 Å². The Balaban J connectivity index is 1.36. The van der Waals surface area contributed by atoms with Gasteiger partial charge in [-0.25, -0.2) is 0 Å². The smallest absolute Gasteiger partial charge is 0.303 e. The fourth-order valence-corrected chi connectivity index (χ4v) is 6.13. The number of aliphatic carboxylic acids is 1. The Hall–Kier alpha value is -2.69. The minimum Gasteiger partial charge on any atom is -0.481 e. The third kappa shape index (κ3) is 6.68. The van der Waals surface area contributed by atoms with Gasteiger partial charge in [-0.05, 0) is 69.6 Å². The van der Waals surface area contributed by atoms with Crippen molar-refractivity contribution in [3.8, 4) is 0 Å². The Morgan fingerprint density at radius 1 is 1.12 bits per heavy atom. The van der Waals surface area contributed by atoms with Gasteiger partial charge >= 0.3 is 5.97 Å². The molecule has 0 saturated heterocycles. The van der Waals surface area contributed by atoms with Gasteiger partial charge in [-0.15, -0.1) is 0 Å². The molecule has 0 aromatic carbocycles. The van der Waals surface area contributed by atoms with Gasteiger partial charge in [-0.1, -0.05) is 0 Å².